The van der Waals surface area contributed by atoms with Crippen LogP contribution in [0.2, 0.25) is 0 Å². The highest BCUT2D eigenvalue weighted by Gasteiger charge is 2.38. The summed E-state index contributed by atoms with van der Waals surface area (Å²) < 4.78 is 0.927. The molecule has 116 valence electrons. The molecule has 1 aromatic heterocycles. The second-order valence-electron chi connectivity index (χ2n) is 6.41. The van der Waals surface area contributed by atoms with Gasteiger partial charge >= 0.3 is 0 Å². The van der Waals surface area contributed by atoms with Crippen molar-refractivity contribution in [2.24, 2.45) is 0 Å². The fourth-order valence-electron chi connectivity index (χ4n) is 3.83. The van der Waals surface area contributed by atoms with Crippen molar-refractivity contribution < 1.29 is 0 Å². The van der Waals surface area contributed by atoms with Crippen molar-refractivity contribution in [2.75, 3.05) is 25.0 Å². The van der Waals surface area contributed by atoms with Crippen LogP contribution in [0, 0.1) is 0 Å². The lowest BCUT2D eigenvalue weighted by molar-refractivity contribution is 0.0436. The molecular weight excluding hydrogens is 328 g/mol. The number of halogens is 1. The highest BCUT2D eigenvalue weighted by Crippen LogP contribution is 2.35. The van der Waals surface area contributed by atoms with Gasteiger partial charge in [-0.2, -0.15) is 0 Å². The molecule has 2 aliphatic rings. The van der Waals surface area contributed by atoms with Gasteiger partial charge in [0.2, 0.25) is 5.95 Å². The summed E-state index contributed by atoms with van der Waals surface area (Å²) in [5.74, 6) is 0.750. The summed E-state index contributed by atoms with van der Waals surface area (Å²) in [6, 6.07) is 0. The lowest BCUT2D eigenvalue weighted by Crippen LogP contribution is -2.56. The van der Waals surface area contributed by atoms with Gasteiger partial charge in [0.05, 0.1) is 4.47 Å². The van der Waals surface area contributed by atoms with Crippen LogP contribution < -0.4 is 5.32 Å². The Morgan fingerprint density at radius 2 is 1.62 bits per heavy atom. The van der Waals surface area contributed by atoms with Crippen molar-refractivity contribution in [3.8, 4) is 0 Å². The van der Waals surface area contributed by atoms with Crippen LogP contribution in [0.4, 0.5) is 5.95 Å². The zero-order chi connectivity index (χ0) is 14.5. The first kappa shape index (κ1) is 15.2. The van der Waals surface area contributed by atoms with Crippen LogP contribution in [0.15, 0.2) is 16.9 Å². The number of aromatic nitrogens is 2. The zero-order valence-electron chi connectivity index (χ0n) is 12.7. The number of anilines is 1. The Morgan fingerprint density at radius 3 is 2.29 bits per heavy atom. The molecule has 0 unspecified atom stereocenters. The SMILES string of the molecule is Brc1cnc(NCC2(N3CCCCC3)CCCCC2)nc1. The molecule has 0 bridgehead atoms. The van der Waals surface area contributed by atoms with Gasteiger partial charge in [-0.15, -0.1) is 0 Å². The third kappa shape index (κ3) is 3.75. The lowest BCUT2D eigenvalue weighted by Gasteiger charge is -2.48. The Bertz CT molecular complexity index is 436. The van der Waals surface area contributed by atoms with Crippen LogP contribution in [-0.2, 0) is 0 Å². The molecule has 0 aromatic carbocycles. The summed E-state index contributed by atoms with van der Waals surface area (Å²) in [4.78, 5) is 11.5. The fraction of sp³-hybridized carbons (Fsp3) is 0.750. The maximum Gasteiger partial charge on any atom is 0.222 e. The van der Waals surface area contributed by atoms with Gasteiger partial charge in [0.15, 0.2) is 0 Å². The first-order valence-electron chi connectivity index (χ1n) is 8.25. The monoisotopic (exact) mass is 352 g/mol. The minimum absolute atomic E-state index is 0.328. The molecule has 1 aliphatic heterocycles. The summed E-state index contributed by atoms with van der Waals surface area (Å²) in [7, 11) is 0. The zero-order valence-corrected chi connectivity index (χ0v) is 14.2. The van der Waals surface area contributed by atoms with Gasteiger partial charge < -0.3 is 5.32 Å². The maximum absolute atomic E-state index is 4.35. The van der Waals surface area contributed by atoms with Gasteiger partial charge in [-0.3, -0.25) is 4.90 Å². The van der Waals surface area contributed by atoms with Crippen LogP contribution in [0.1, 0.15) is 51.4 Å². The second kappa shape index (κ2) is 7.05. The number of likely N-dealkylation sites (tertiary alicyclic amines) is 1. The molecule has 4 nitrogen and oxygen atoms in total. The number of nitrogens with zero attached hydrogens (tertiary/aromatic N) is 3. The van der Waals surface area contributed by atoms with Crippen LogP contribution >= 0.6 is 15.9 Å². The highest BCUT2D eigenvalue weighted by molar-refractivity contribution is 9.10. The van der Waals surface area contributed by atoms with Crippen molar-refractivity contribution in [3.63, 3.8) is 0 Å². The van der Waals surface area contributed by atoms with Crippen LogP contribution in [0.5, 0.6) is 0 Å². The third-order valence-electron chi connectivity index (χ3n) is 5.01. The Kier molecular flexibility index (Phi) is 5.11. The topological polar surface area (TPSA) is 41.1 Å². The molecule has 3 rings (SSSR count). The van der Waals surface area contributed by atoms with Crippen molar-refractivity contribution in [1.29, 1.82) is 0 Å². The largest absolute Gasteiger partial charge is 0.352 e. The first-order chi connectivity index (χ1) is 10.3. The Morgan fingerprint density at radius 1 is 1.00 bits per heavy atom. The Hall–Kier alpha value is -0.680. The Labute approximate surface area is 135 Å². The molecule has 21 heavy (non-hydrogen) atoms. The predicted octanol–water partition coefficient (Wildman–Crippen LogP) is 3.84. The molecule has 0 radical (unpaired) electrons. The Balaban J connectivity index is 1.68. The molecule has 2 heterocycles. The summed E-state index contributed by atoms with van der Waals surface area (Å²) in [6.07, 6.45) is 14.5. The second-order valence-corrected chi connectivity index (χ2v) is 7.33. The molecule has 1 aromatic rings. The minimum Gasteiger partial charge on any atom is -0.352 e. The van der Waals surface area contributed by atoms with E-state index in [0.29, 0.717) is 5.54 Å². The van der Waals surface area contributed by atoms with Crippen LogP contribution in [0.25, 0.3) is 0 Å². The standard InChI is InChI=1S/C16H25BrN4/c17-14-11-18-15(19-12-14)20-13-16(7-3-1-4-8-16)21-9-5-2-6-10-21/h11-12H,1-10,13H2,(H,18,19,20). The van der Waals surface area contributed by atoms with Crippen molar-refractivity contribution in [1.82, 2.24) is 14.9 Å². The first-order valence-corrected chi connectivity index (χ1v) is 9.04. The van der Waals surface area contributed by atoms with Gasteiger partial charge in [0, 0.05) is 24.5 Å². The van der Waals surface area contributed by atoms with Crippen LogP contribution in [0.3, 0.4) is 0 Å². The third-order valence-corrected chi connectivity index (χ3v) is 5.42. The normalized spacial score (nSPS) is 22.9. The average Bonchev–Trinajstić information content (AvgIpc) is 2.56. The molecule has 2 fully saturated rings. The molecule has 0 amide bonds. The molecule has 1 N–H and O–H groups in total. The van der Waals surface area contributed by atoms with Gasteiger partial charge in [0.1, 0.15) is 0 Å². The quantitative estimate of drug-likeness (QED) is 0.893. The molecule has 0 spiro atoms. The molecular formula is C16H25BrN4. The molecule has 1 aliphatic carbocycles. The van der Waals surface area contributed by atoms with Crippen molar-refractivity contribution in [2.45, 2.75) is 56.9 Å². The summed E-state index contributed by atoms with van der Waals surface area (Å²) in [5, 5.41) is 3.49. The van der Waals surface area contributed by atoms with Gasteiger partial charge in [-0.1, -0.05) is 25.7 Å². The number of piperidine rings is 1. The number of hydrogen-bond donors (Lipinski definition) is 1. The van der Waals surface area contributed by atoms with E-state index in [1.165, 1.54) is 64.5 Å². The molecule has 1 saturated carbocycles. The van der Waals surface area contributed by atoms with Gasteiger partial charge in [-0.05, 0) is 54.7 Å². The van der Waals surface area contributed by atoms with E-state index in [2.05, 4.69) is 36.1 Å². The van der Waals surface area contributed by atoms with E-state index < -0.39 is 0 Å². The lowest BCUT2D eigenvalue weighted by atomic mass is 9.79. The minimum atomic E-state index is 0.328. The molecule has 1 saturated heterocycles. The van der Waals surface area contributed by atoms with E-state index in [0.717, 1.165) is 17.0 Å². The van der Waals surface area contributed by atoms with Gasteiger partial charge in [-0.25, -0.2) is 9.97 Å². The number of rotatable bonds is 4. The summed E-state index contributed by atoms with van der Waals surface area (Å²) >= 11 is 3.39. The van der Waals surface area contributed by atoms with Gasteiger partial charge in [0.25, 0.3) is 0 Å². The fourth-order valence-corrected chi connectivity index (χ4v) is 4.03. The predicted molar refractivity (Wildman–Crippen MR) is 89.5 cm³/mol. The number of hydrogen-bond acceptors (Lipinski definition) is 4. The maximum atomic E-state index is 4.35. The molecule has 5 heteroatoms. The van der Waals surface area contributed by atoms with Crippen LogP contribution in [-0.4, -0.2) is 40.0 Å². The smallest absolute Gasteiger partial charge is 0.222 e. The van der Waals surface area contributed by atoms with E-state index in [1.54, 1.807) is 0 Å². The van der Waals surface area contributed by atoms with E-state index >= 15 is 0 Å². The summed E-state index contributed by atoms with van der Waals surface area (Å²) in [5.41, 5.74) is 0.328. The van der Waals surface area contributed by atoms with E-state index in [1.807, 2.05) is 12.4 Å². The van der Waals surface area contributed by atoms with E-state index in [-0.39, 0.29) is 0 Å². The van der Waals surface area contributed by atoms with E-state index in [4.69, 9.17) is 0 Å². The van der Waals surface area contributed by atoms with Crippen molar-refractivity contribution >= 4 is 21.9 Å². The highest BCUT2D eigenvalue weighted by atomic mass is 79.9. The van der Waals surface area contributed by atoms with E-state index in [9.17, 15) is 0 Å². The average molecular weight is 353 g/mol. The molecule has 0 atom stereocenters. The number of nitrogens with one attached hydrogen (secondary N) is 1. The summed E-state index contributed by atoms with van der Waals surface area (Å²) in [6.45, 7) is 3.51. The van der Waals surface area contributed by atoms with Crippen molar-refractivity contribution in [3.05, 3.63) is 16.9 Å².